The Morgan fingerprint density at radius 1 is 0.913 bits per heavy atom. The fourth-order valence-electron chi connectivity index (χ4n) is 2.20. The molecule has 2 aromatic rings. The van der Waals surface area contributed by atoms with E-state index in [-0.39, 0.29) is 10.5 Å². The first-order valence-electron chi connectivity index (χ1n) is 6.79. The van der Waals surface area contributed by atoms with Gasteiger partial charge in [-0.25, -0.2) is 8.42 Å². The minimum absolute atomic E-state index is 0.161. The number of rotatable bonds is 3. The molecule has 2 aromatic carbocycles. The van der Waals surface area contributed by atoms with Crippen molar-refractivity contribution < 1.29 is 21.6 Å². The van der Waals surface area contributed by atoms with Crippen LogP contribution in [0.4, 0.5) is 13.2 Å². The van der Waals surface area contributed by atoms with Gasteiger partial charge >= 0.3 is 6.18 Å². The van der Waals surface area contributed by atoms with E-state index in [1.807, 2.05) is 0 Å². The van der Waals surface area contributed by atoms with Crippen LogP contribution < -0.4 is 0 Å². The van der Waals surface area contributed by atoms with E-state index in [1.165, 1.54) is 48.5 Å². The molecule has 0 amide bonds. The van der Waals surface area contributed by atoms with Gasteiger partial charge in [-0.3, -0.25) is 0 Å². The number of hydrogen-bond acceptors (Lipinski definition) is 2. The zero-order valence-corrected chi connectivity index (χ0v) is 13.4. The summed E-state index contributed by atoms with van der Waals surface area (Å²) in [5.41, 5.74) is -0.514. The van der Waals surface area contributed by atoms with E-state index in [1.54, 1.807) is 13.0 Å². The van der Waals surface area contributed by atoms with Crippen LogP contribution in [0.25, 0.3) is 5.57 Å². The maximum Gasteiger partial charge on any atom is 0.417 e. The summed E-state index contributed by atoms with van der Waals surface area (Å²) >= 11 is 0. The Morgan fingerprint density at radius 2 is 1.43 bits per heavy atom. The van der Waals surface area contributed by atoms with Crippen molar-refractivity contribution in [3.63, 3.8) is 0 Å². The van der Waals surface area contributed by atoms with Gasteiger partial charge in [-0.15, -0.1) is 0 Å². The maximum absolute atomic E-state index is 13.5. The minimum atomic E-state index is -4.78. The second kappa shape index (κ2) is 6.20. The summed E-state index contributed by atoms with van der Waals surface area (Å²) in [5, 5.41) is 0. The number of hydrogen-bond donors (Lipinski definition) is 0. The van der Waals surface area contributed by atoms with Gasteiger partial charge in [-0.1, -0.05) is 48.0 Å². The van der Waals surface area contributed by atoms with Crippen molar-refractivity contribution >= 4 is 15.4 Å². The van der Waals surface area contributed by atoms with Crippen molar-refractivity contribution in [2.75, 3.05) is 0 Å². The van der Waals surface area contributed by atoms with Gasteiger partial charge in [0.15, 0.2) is 0 Å². The average molecular weight is 340 g/mol. The van der Waals surface area contributed by atoms with Crippen molar-refractivity contribution in [3.8, 4) is 0 Å². The van der Waals surface area contributed by atoms with E-state index in [2.05, 4.69) is 0 Å². The van der Waals surface area contributed by atoms with Crippen LogP contribution in [0.5, 0.6) is 0 Å². The van der Waals surface area contributed by atoms with E-state index < -0.39 is 26.5 Å². The molecule has 6 heteroatoms. The summed E-state index contributed by atoms with van der Waals surface area (Å²) < 4.78 is 65.4. The van der Waals surface area contributed by atoms with Crippen molar-refractivity contribution in [2.24, 2.45) is 0 Å². The van der Waals surface area contributed by atoms with E-state index in [9.17, 15) is 21.6 Å². The summed E-state index contributed by atoms with van der Waals surface area (Å²) in [6.07, 6.45) is -4.78. The fraction of sp³-hybridized carbons (Fsp3) is 0.176. The monoisotopic (exact) mass is 340 g/mol. The summed E-state index contributed by atoms with van der Waals surface area (Å²) in [4.78, 5) is -0.869. The topological polar surface area (TPSA) is 34.1 Å². The molecule has 0 N–H and O–H groups in total. The van der Waals surface area contributed by atoms with Crippen molar-refractivity contribution in [1.29, 1.82) is 0 Å². The first kappa shape index (κ1) is 17.3. The number of alkyl halides is 3. The highest BCUT2D eigenvalue weighted by atomic mass is 32.2. The smallest absolute Gasteiger partial charge is 0.219 e. The molecule has 0 aliphatic carbocycles. The lowest BCUT2D eigenvalue weighted by atomic mass is 10.0. The zero-order chi connectivity index (χ0) is 17.3. The average Bonchev–Trinajstić information content (AvgIpc) is 2.49. The summed E-state index contributed by atoms with van der Waals surface area (Å²) in [6.45, 7) is 2.74. The third-order valence-electron chi connectivity index (χ3n) is 3.43. The highest BCUT2D eigenvalue weighted by Crippen LogP contribution is 2.39. The Bertz CT molecular complexity index is 818. The third kappa shape index (κ3) is 3.64. The van der Waals surface area contributed by atoms with Gasteiger partial charge in [0.1, 0.15) is 0 Å². The molecule has 122 valence electrons. The molecule has 23 heavy (non-hydrogen) atoms. The van der Waals surface area contributed by atoms with Crippen LogP contribution in [0.3, 0.4) is 0 Å². The van der Waals surface area contributed by atoms with Gasteiger partial charge < -0.3 is 0 Å². The highest BCUT2D eigenvalue weighted by molar-refractivity contribution is 7.95. The lowest BCUT2D eigenvalue weighted by Gasteiger charge is -2.16. The SMILES string of the molecule is C/C(=C(\c1ccc(C)cc1)C(F)(F)F)S(=O)(=O)c1ccccc1. The van der Waals surface area contributed by atoms with Gasteiger partial charge in [0.05, 0.1) is 15.4 Å². The van der Waals surface area contributed by atoms with Crippen LogP contribution in [-0.4, -0.2) is 14.6 Å². The van der Waals surface area contributed by atoms with Crippen molar-refractivity contribution in [3.05, 3.63) is 70.6 Å². The largest absolute Gasteiger partial charge is 0.417 e. The minimum Gasteiger partial charge on any atom is -0.219 e. The second-order valence-electron chi connectivity index (χ2n) is 5.11. The Labute approximate surface area is 133 Å². The lowest BCUT2D eigenvalue weighted by molar-refractivity contribution is -0.0691. The molecule has 2 nitrogen and oxygen atoms in total. The van der Waals surface area contributed by atoms with Crippen LogP contribution in [0.1, 0.15) is 18.1 Å². The molecule has 0 aliphatic rings. The van der Waals surface area contributed by atoms with E-state index in [0.717, 1.165) is 12.5 Å². The van der Waals surface area contributed by atoms with Crippen LogP contribution in [0.15, 0.2) is 64.4 Å². The molecular weight excluding hydrogens is 325 g/mol. The van der Waals surface area contributed by atoms with E-state index in [0.29, 0.717) is 0 Å². The van der Waals surface area contributed by atoms with Crippen LogP contribution in [-0.2, 0) is 9.84 Å². The molecule has 0 aliphatic heterocycles. The summed E-state index contributed by atoms with van der Waals surface area (Å²) in [6, 6.07) is 12.7. The van der Waals surface area contributed by atoms with Crippen LogP contribution in [0, 0.1) is 6.92 Å². The van der Waals surface area contributed by atoms with Gasteiger partial charge in [0.2, 0.25) is 9.84 Å². The summed E-state index contributed by atoms with van der Waals surface area (Å²) in [5.74, 6) is 0. The number of aryl methyl sites for hydroxylation is 1. The quantitative estimate of drug-likeness (QED) is 0.807. The number of sulfone groups is 1. The molecule has 2 rings (SSSR count). The third-order valence-corrected chi connectivity index (χ3v) is 5.34. The maximum atomic E-state index is 13.5. The van der Waals surface area contributed by atoms with E-state index in [4.69, 9.17) is 0 Å². The van der Waals surface area contributed by atoms with Gasteiger partial charge in [-0.05, 0) is 31.5 Å². The zero-order valence-electron chi connectivity index (χ0n) is 12.6. The highest BCUT2D eigenvalue weighted by Gasteiger charge is 2.39. The lowest BCUT2D eigenvalue weighted by Crippen LogP contribution is -2.16. The molecule has 0 fully saturated rings. The molecule has 0 saturated heterocycles. The molecule has 0 unspecified atom stereocenters. The molecule has 0 bridgehead atoms. The van der Waals surface area contributed by atoms with Crippen LogP contribution in [0.2, 0.25) is 0 Å². The van der Waals surface area contributed by atoms with Gasteiger partial charge in [0, 0.05) is 0 Å². The van der Waals surface area contributed by atoms with Crippen molar-refractivity contribution in [1.82, 2.24) is 0 Å². The first-order valence-corrected chi connectivity index (χ1v) is 8.27. The Hall–Kier alpha value is -2.08. The molecule has 0 heterocycles. The van der Waals surface area contributed by atoms with Gasteiger partial charge in [0.25, 0.3) is 0 Å². The molecule has 0 aromatic heterocycles. The Balaban J connectivity index is 2.71. The number of allylic oxidation sites excluding steroid dienone is 2. The predicted molar refractivity (Wildman–Crippen MR) is 83.5 cm³/mol. The van der Waals surface area contributed by atoms with Gasteiger partial charge in [-0.2, -0.15) is 13.2 Å². The molecule has 0 saturated carbocycles. The van der Waals surface area contributed by atoms with Crippen molar-refractivity contribution in [2.45, 2.75) is 24.9 Å². The molecule has 0 spiro atoms. The van der Waals surface area contributed by atoms with E-state index >= 15 is 0 Å². The number of benzene rings is 2. The molecule has 0 radical (unpaired) electrons. The van der Waals surface area contributed by atoms with Crippen LogP contribution >= 0.6 is 0 Å². The fourth-order valence-corrected chi connectivity index (χ4v) is 3.57. The first-order chi connectivity index (χ1) is 10.6. The standard InChI is InChI=1S/C17H15F3O2S/c1-12-8-10-14(11-9-12)16(17(18,19)20)13(2)23(21,22)15-6-4-3-5-7-15/h3-11H,1-2H3/b16-13-. The summed E-state index contributed by atoms with van der Waals surface area (Å²) in [7, 11) is -4.22. The second-order valence-corrected chi connectivity index (χ2v) is 7.20. The Morgan fingerprint density at radius 3 is 1.91 bits per heavy atom. The Kier molecular flexibility index (Phi) is 4.66. The molecule has 0 atom stereocenters. The molecular formula is C17H15F3O2S. The number of halogens is 3. The normalized spacial score (nSPS) is 13.6. The predicted octanol–water partition coefficient (Wildman–Crippen LogP) is 4.76.